The van der Waals surface area contributed by atoms with Crippen molar-refractivity contribution in [2.45, 2.75) is 162 Å². The lowest BCUT2D eigenvalue weighted by Gasteiger charge is -2.29. The fourth-order valence-electron chi connectivity index (χ4n) is 5.71. The van der Waals surface area contributed by atoms with Crippen LogP contribution in [-0.2, 0) is 4.74 Å². The lowest BCUT2D eigenvalue weighted by atomic mass is 10.1. The minimum atomic E-state index is -0.313. The van der Waals surface area contributed by atoms with Gasteiger partial charge < -0.3 is 19.5 Å². The molecule has 0 aliphatic rings. The average molecular weight is 605 g/mol. The number of unbranched alkanes of at least 4 members (excludes halogenated alkanes) is 16. The highest BCUT2D eigenvalue weighted by Crippen LogP contribution is 2.19. The molecule has 0 saturated heterocycles. The van der Waals surface area contributed by atoms with Crippen molar-refractivity contribution in [3.8, 4) is 11.5 Å². The van der Waals surface area contributed by atoms with E-state index in [0.717, 1.165) is 31.9 Å². The van der Waals surface area contributed by atoms with Crippen molar-refractivity contribution in [3.05, 3.63) is 24.3 Å². The van der Waals surface area contributed by atoms with Gasteiger partial charge in [0.1, 0.15) is 11.5 Å². The Morgan fingerprint density at radius 3 is 1.33 bits per heavy atom. The molecular weight excluding hydrogens is 532 g/mol. The number of hydrogen-bond donors (Lipinski definition) is 1. The van der Waals surface area contributed by atoms with E-state index in [0.29, 0.717) is 6.61 Å². The number of aromatic hydroxyl groups is 1. The van der Waals surface area contributed by atoms with Crippen LogP contribution in [0.4, 0.5) is 0 Å². The maximum absolute atomic E-state index is 9.79. The Balaban J connectivity index is 2.79. The summed E-state index contributed by atoms with van der Waals surface area (Å²) in [6, 6.07) is 7.10. The van der Waals surface area contributed by atoms with E-state index in [1.54, 1.807) is 12.1 Å². The molecule has 1 rings (SSSR count). The molecule has 0 aromatic heterocycles. The lowest BCUT2D eigenvalue weighted by Crippen LogP contribution is -2.40. The highest BCUT2D eigenvalue weighted by Gasteiger charge is 2.18. The molecule has 0 radical (unpaired) electrons. The molecule has 0 fully saturated rings. The quantitative estimate of drug-likeness (QED) is 0.0655. The fourth-order valence-corrected chi connectivity index (χ4v) is 5.71. The first-order valence-electron chi connectivity index (χ1n) is 18.6. The molecule has 1 atom stereocenters. The maximum atomic E-state index is 9.79. The van der Waals surface area contributed by atoms with Crippen LogP contribution in [-0.4, -0.2) is 67.1 Å². The van der Waals surface area contributed by atoms with Crippen molar-refractivity contribution in [1.82, 2.24) is 9.80 Å². The van der Waals surface area contributed by atoms with Crippen molar-refractivity contribution in [1.29, 1.82) is 0 Å². The molecule has 5 heteroatoms. The van der Waals surface area contributed by atoms with E-state index >= 15 is 0 Å². The summed E-state index contributed by atoms with van der Waals surface area (Å²) >= 11 is 0. The second kappa shape index (κ2) is 29.4. The van der Waals surface area contributed by atoms with E-state index in [1.807, 2.05) is 12.1 Å². The van der Waals surface area contributed by atoms with E-state index in [2.05, 4.69) is 37.5 Å². The highest BCUT2D eigenvalue weighted by molar-refractivity contribution is 5.30. The molecule has 0 bridgehead atoms. The zero-order chi connectivity index (χ0) is 31.2. The largest absolute Gasteiger partial charge is 0.508 e. The molecule has 1 aromatic carbocycles. The summed E-state index contributed by atoms with van der Waals surface area (Å²) in [4.78, 5) is 5.22. The van der Waals surface area contributed by atoms with Gasteiger partial charge in [-0.25, -0.2) is 0 Å². The van der Waals surface area contributed by atoms with Gasteiger partial charge in [-0.2, -0.15) is 0 Å². The third-order valence-corrected chi connectivity index (χ3v) is 8.53. The van der Waals surface area contributed by atoms with Gasteiger partial charge in [-0.15, -0.1) is 0 Å². The number of ether oxygens (including phenoxy) is 2. The average Bonchev–Trinajstić information content (AvgIpc) is 3.01. The van der Waals surface area contributed by atoms with Crippen LogP contribution in [0, 0.1) is 0 Å². The number of rotatable bonds is 32. The van der Waals surface area contributed by atoms with Crippen LogP contribution in [0.3, 0.4) is 0 Å². The highest BCUT2D eigenvalue weighted by atomic mass is 16.7. The lowest BCUT2D eigenvalue weighted by molar-refractivity contribution is -0.0997. The summed E-state index contributed by atoms with van der Waals surface area (Å²) in [6.07, 6.45) is 25.9. The van der Waals surface area contributed by atoms with Gasteiger partial charge in [0.25, 0.3) is 0 Å². The number of phenolic OH excluding ortho intramolecular Hbond substituents is 1. The molecule has 0 heterocycles. The standard InChI is InChI=1S/C38H72N2O3/c1-5-9-13-17-21-29-39(30-22-18-14-10-6-2)33-34-42-38(43-37-27-25-36(41)26-28-37)35-40(31-23-19-15-11-7-3)32-24-20-16-12-8-4/h25-28,38,41H,5-24,29-35H2,1-4H3. The predicted octanol–water partition coefficient (Wildman–Crippen LogP) is 10.6. The molecule has 0 spiro atoms. The maximum Gasteiger partial charge on any atom is 0.212 e. The first-order valence-corrected chi connectivity index (χ1v) is 18.6. The van der Waals surface area contributed by atoms with Crippen LogP contribution >= 0.6 is 0 Å². The molecule has 0 saturated carbocycles. The Labute approximate surface area is 268 Å². The molecule has 1 N–H and O–H groups in total. The molecule has 0 aliphatic heterocycles. The summed E-state index contributed by atoms with van der Waals surface area (Å²) in [6.45, 7) is 16.1. The Kier molecular flexibility index (Phi) is 27.2. The molecule has 1 aromatic rings. The van der Waals surface area contributed by atoms with Crippen LogP contribution in [0.2, 0.25) is 0 Å². The third-order valence-electron chi connectivity index (χ3n) is 8.53. The van der Waals surface area contributed by atoms with E-state index in [4.69, 9.17) is 9.47 Å². The van der Waals surface area contributed by atoms with E-state index in [1.165, 1.54) is 142 Å². The summed E-state index contributed by atoms with van der Waals surface area (Å²) in [5.41, 5.74) is 0. The van der Waals surface area contributed by atoms with Crippen LogP contribution in [0.25, 0.3) is 0 Å². The van der Waals surface area contributed by atoms with Gasteiger partial charge in [-0.05, 0) is 76.1 Å². The summed E-state index contributed by atoms with van der Waals surface area (Å²) in [5.74, 6) is 1.02. The molecule has 0 amide bonds. The summed E-state index contributed by atoms with van der Waals surface area (Å²) in [7, 11) is 0. The summed E-state index contributed by atoms with van der Waals surface area (Å²) in [5, 5.41) is 9.79. The number of nitrogens with zero attached hydrogens (tertiary/aromatic N) is 2. The van der Waals surface area contributed by atoms with Gasteiger partial charge in [0.15, 0.2) is 0 Å². The SMILES string of the molecule is CCCCCCCN(CCCCCCC)CCOC(CN(CCCCCCC)CCCCCCC)Oc1ccc(O)cc1. The topological polar surface area (TPSA) is 45.2 Å². The van der Waals surface area contributed by atoms with Gasteiger partial charge >= 0.3 is 0 Å². The Morgan fingerprint density at radius 1 is 0.512 bits per heavy atom. The van der Waals surface area contributed by atoms with E-state index in [9.17, 15) is 5.11 Å². The normalized spacial score (nSPS) is 12.4. The van der Waals surface area contributed by atoms with Crippen LogP contribution in [0.5, 0.6) is 11.5 Å². The van der Waals surface area contributed by atoms with E-state index < -0.39 is 0 Å². The third kappa shape index (κ3) is 23.7. The van der Waals surface area contributed by atoms with Crippen molar-refractivity contribution in [2.75, 3.05) is 45.9 Å². The monoisotopic (exact) mass is 605 g/mol. The number of benzene rings is 1. The Morgan fingerprint density at radius 2 is 0.907 bits per heavy atom. The van der Waals surface area contributed by atoms with Gasteiger partial charge in [-0.1, -0.05) is 130 Å². The molecule has 1 unspecified atom stereocenters. The molecule has 252 valence electrons. The predicted molar refractivity (Wildman–Crippen MR) is 186 cm³/mol. The molecule has 43 heavy (non-hydrogen) atoms. The first kappa shape index (κ1) is 39.7. The fraction of sp³-hybridized carbons (Fsp3) is 0.842. The smallest absolute Gasteiger partial charge is 0.212 e. The summed E-state index contributed by atoms with van der Waals surface area (Å²) < 4.78 is 13.0. The van der Waals surface area contributed by atoms with E-state index in [-0.39, 0.29) is 12.0 Å². The number of hydrogen-bond acceptors (Lipinski definition) is 5. The van der Waals surface area contributed by atoms with Crippen LogP contribution in [0.15, 0.2) is 24.3 Å². The van der Waals surface area contributed by atoms with Gasteiger partial charge in [0.05, 0.1) is 13.2 Å². The van der Waals surface area contributed by atoms with Gasteiger partial charge in [0, 0.05) is 6.54 Å². The van der Waals surface area contributed by atoms with Gasteiger partial charge in [0.2, 0.25) is 6.29 Å². The molecule has 0 aliphatic carbocycles. The zero-order valence-corrected chi connectivity index (χ0v) is 29.1. The van der Waals surface area contributed by atoms with Crippen molar-refractivity contribution >= 4 is 0 Å². The van der Waals surface area contributed by atoms with Gasteiger partial charge in [-0.3, -0.25) is 4.90 Å². The van der Waals surface area contributed by atoms with Crippen molar-refractivity contribution < 1.29 is 14.6 Å². The second-order valence-corrected chi connectivity index (χ2v) is 12.7. The van der Waals surface area contributed by atoms with Crippen LogP contribution in [0.1, 0.15) is 156 Å². The molecule has 5 nitrogen and oxygen atoms in total. The minimum Gasteiger partial charge on any atom is -0.508 e. The van der Waals surface area contributed by atoms with Crippen molar-refractivity contribution in [3.63, 3.8) is 0 Å². The van der Waals surface area contributed by atoms with Crippen LogP contribution < -0.4 is 4.74 Å². The first-order chi connectivity index (χ1) is 21.1. The molecular formula is C38H72N2O3. The second-order valence-electron chi connectivity index (χ2n) is 12.7. The minimum absolute atomic E-state index is 0.263. The zero-order valence-electron chi connectivity index (χ0n) is 29.1. The van der Waals surface area contributed by atoms with Crippen molar-refractivity contribution in [2.24, 2.45) is 0 Å². The Bertz CT molecular complexity index is 671. The number of phenols is 1. The Hall–Kier alpha value is -1.30.